The predicted octanol–water partition coefficient (Wildman–Crippen LogP) is 2.27. The maximum Gasteiger partial charge on any atom is 0.0721 e. The van der Waals surface area contributed by atoms with Crippen LogP contribution < -0.4 is 5.32 Å². The Balaban J connectivity index is 1.94. The van der Waals surface area contributed by atoms with Crippen LogP contribution in [-0.2, 0) is 16.1 Å². The van der Waals surface area contributed by atoms with Crippen LogP contribution in [0, 0.1) is 0 Å². The highest BCUT2D eigenvalue weighted by Crippen LogP contribution is 2.24. The molecule has 1 aromatic rings. The topological polar surface area (TPSA) is 30.5 Å². The fraction of sp³-hybridized carbons (Fsp3) is 0.571. The molecule has 1 heterocycles. The molecule has 0 radical (unpaired) electrons. The fourth-order valence-corrected chi connectivity index (χ4v) is 2.20. The Morgan fingerprint density at radius 3 is 3.12 bits per heavy atom. The smallest absolute Gasteiger partial charge is 0.0721 e. The van der Waals surface area contributed by atoms with Crippen molar-refractivity contribution in [1.29, 1.82) is 0 Å². The lowest BCUT2D eigenvalue weighted by atomic mass is 9.99. The summed E-state index contributed by atoms with van der Waals surface area (Å²) in [5.74, 6) is 0. The molecule has 2 rings (SSSR count). The van der Waals surface area contributed by atoms with Gasteiger partial charge in [0.15, 0.2) is 0 Å². The zero-order chi connectivity index (χ0) is 12.1. The summed E-state index contributed by atoms with van der Waals surface area (Å²) in [4.78, 5) is 0. The molecule has 1 aliphatic heterocycles. The van der Waals surface area contributed by atoms with Crippen LogP contribution in [0.5, 0.6) is 0 Å². The summed E-state index contributed by atoms with van der Waals surface area (Å²) in [6.45, 7) is 7.21. The van der Waals surface area contributed by atoms with E-state index in [0.717, 1.165) is 26.4 Å². The van der Waals surface area contributed by atoms with Gasteiger partial charge in [0, 0.05) is 13.2 Å². The molecule has 0 bridgehead atoms. The Hall–Kier alpha value is -0.900. The minimum Gasteiger partial charge on any atom is -0.377 e. The molecule has 0 aromatic heterocycles. The fourth-order valence-electron chi connectivity index (χ4n) is 2.20. The van der Waals surface area contributed by atoms with Crippen LogP contribution in [-0.4, -0.2) is 25.9 Å². The molecule has 94 valence electrons. The molecule has 3 heteroatoms. The third-order valence-corrected chi connectivity index (χ3v) is 3.08. The standard InChI is InChI=1S/C14H21NO2/c1-3-17-11(2)8-15-14-10-16-9-12-6-4-5-7-13(12)14/h4-7,11,14-15H,3,8-10H2,1-2H3. The first-order chi connectivity index (χ1) is 8.31. The molecule has 0 amide bonds. The third-order valence-electron chi connectivity index (χ3n) is 3.08. The normalized spacial score (nSPS) is 20.9. The van der Waals surface area contributed by atoms with E-state index in [2.05, 4.69) is 36.5 Å². The number of rotatable bonds is 5. The number of benzene rings is 1. The van der Waals surface area contributed by atoms with Crippen molar-refractivity contribution in [2.75, 3.05) is 19.8 Å². The van der Waals surface area contributed by atoms with Gasteiger partial charge in [0.1, 0.15) is 0 Å². The van der Waals surface area contributed by atoms with Crippen molar-refractivity contribution in [2.24, 2.45) is 0 Å². The van der Waals surface area contributed by atoms with Gasteiger partial charge in [-0.1, -0.05) is 24.3 Å². The van der Waals surface area contributed by atoms with E-state index in [1.807, 2.05) is 6.92 Å². The van der Waals surface area contributed by atoms with E-state index in [1.54, 1.807) is 0 Å². The molecule has 2 atom stereocenters. The van der Waals surface area contributed by atoms with Crippen LogP contribution in [0.25, 0.3) is 0 Å². The van der Waals surface area contributed by atoms with Gasteiger partial charge in [-0.05, 0) is 25.0 Å². The summed E-state index contributed by atoms with van der Waals surface area (Å²) in [5, 5.41) is 3.51. The molecule has 0 aliphatic carbocycles. The van der Waals surface area contributed by atoms with Crippen molar-refractivity contribution in [3.05, 3.63) is 35.4 Å². The number of ether oxygens (including phenoxy) is 2. The molecule has 3 nitrogen and oxygen atoms in total. The number of fused-ring (bicyclic) bond motifs is 1. The van der Waals surface area contributed by atoms with Crippen molar-refractivity contribution in [3.63, 3.8) is 0 Å². The van der Waals surface area contributed by atoms with Crippen LogP contribution >= 0.6 is 0 Å². The lowest BCUT2D eigenvalue weighted by Crippen LogP contribution is -2.35. The number of hydrogen-bond donors (Lipinski definition) is 1. The zero-order valence-electron chi connectivity index (χ0n) is 10.6. The summed E-state index contributed by atoms with van der Waals surface area (Å²) in [5.41, 5.74) is 2.66. The highest BCUT2D eigenvalue weighted by atomic mass is 16.5. The highest BCUT2D eigenvalue weighted by Gasteiger charge is 2.20. The molecule has 0 saturated carbocycles. The van der Waals surface area contributed by atoms with Crippen molar-refractivity contribution in [1.82, 2.24) is 5.32 Å². The van der Waals surface area contributed by atoms with Gasteiger partial charge in [-0.15, -0.1) is 0 Å². The first kappa shape index (κ1) is 12.6. The Labute approximate surface area is 103 Å². The van der Waals surface area contributed by atoms with Gasteiger partial charge in [0.25, 0.3) is 0 Å². The SMILES string of the molecule is CCOC(C)CNC1COCc2ccccc21. The van der Waals surface area contributed by atoms with E-state index in [4.69, 9.17) is 9.47 Å². The average Bonchev–Trinajstić information content (AvgIpc) is 2.36. The van der Waals surface area contributed by atoms with Gasteiger partial charge in [0.05, 0.1) is 25.4 Å². The van der Waals surface area contributed by atoms with E-state index in [1.165, 1.54) is 11.1 Å². The molecule has 1 N–H and O–H groups in total. The molecule has 0 spiro atoms. The van der Waals surface area contributed by atoms with Gasteiger partial charge < -0.3 is 14.8 Å². The van der Waals surface area contributed by atoms with Crippen LogP contribution in [0.4, 0.5) is 0 Å². The molecular formula is C14H21NO2. The van der Waals surface area contributed by atoms with Gasteiger partial charge in [-0.25, -0.2) is 0 Å². The lowest BCUT2D eigenvalue weighted by molar-refractivity contribution is 0.0557. The predicted molar refractivity (Wildman–Crippen MR) is 67.9 cm³/mol. The Morgan fingerprint density at radius 2 is 2.29 bits per heavy atom. The first-order valence-corrected chi connectivity index (χ1v) is 6.31. The number of nitrogens with one attached hydrogen (secondary N) is 1. The monoisotopic (exact) mass is 235 g/mol. The molecule has 0 saturated heterocycles. The van der Waals surface area contributed by atoms with E-state index in [0.29, 0.717) is 6.04 Å². The lowest BCUT2D eigenvalue weighted by Gasteiger charge is -2.27. The largest absolute Gasteiger partial charge is 0.377 e. The van der Waals surface area contributed by atoms with Gasteiger partial charge in [-0.3, -0.25) is 0 Å². The van der Waals surface area contributed by atoms with E-state index in [9.17, 15) is 0 Å². The van der Waals surface area contributed by atoms with Crippen molar-refractivity contribution >= 4 is 0 Å². The summed E-state index contributed by atoms with van der Waals surface area (Å²) in [7, 11) is 0. The molecule has 17 heavy (non-hydrogen) atoms. The highest BCUT2D eigenvalue weighted by molar-refractivity contribution is 5.31. The van der Waals surface area contributed by atoms with Gasteiger partial charge >= 0.3 is 0 Å². The molecule has 0 fully saturated rings. The second-order valence-electron chi connectivity index (χ2n) is 4.44. The maximum absolute atomic E-state index is 5.60. The van der Waals surface area contributed by atoms with Crippen molar-refractivity contribution in [3.8, 4) is 0 Å². The van der Waals surface area contributed by atoms with Gasteiger partial charge in [-0.2, -0.15) is 0 Å². The minimum absolute atomic E-state index is 0.245. The molecule has 1 aromatic carbocycles. The summed E-state index contributed by atoms with van der Waals surface area (Å²) >= 11 is 0. The summed E-state index contributed by atoms with van der Waals surface area (Å²) in [6, 6.07) is 8.76. The summed E-state index contributed by atoms with van der Waals surface area (Å²) < 4.78 is 11.1. The van der Waals surface area contributed by atoms with Crippen LogP contribution in [0.3, 0.4) is 0 Å². The second kappa shape index (κ2) is 6.15. The van der Waals surface area contributed by atoms with Gasteiger partial charge in [0.2, 0.25) is 0 Å². The van der Waals surface area contributed by atoms with Crippen LogP contribution in [0.15, 0.2) is 24.3 Å². The van der Waals surface area contributed by atoms with Crippen molar-refractivity contribution < 1.29 is 9.47 Å². The zero-order valence-corrected chi connectivity index (χ0v) is 10.6. The average molecular weight is 235 g/mol. The molecular weight excluding hydrogens is 214 g/mol. The van der Waals surface area contributed by atoms with E-state index >= 15 is 0 Å². The van der Waals surface area contributed by atoms with E-state index < -0.39 is 0 Å². The quantitative estimate of drug-likeness (QED) is 0.849. The Bertz CT molecular complexity index is 354. The van der Waals surface area contributed by atoms with Crippen LogP contribution in [0.1, 0.15) is 31.0 Å². The second-order valence-corrected chi connectivity index (χ2v) is 4.44. The Morgan fingerprint density at radius 1 is 1.47 bits per heavy atom. The third kappa shape index (κ3) is 3.28. The van der Waals surface area contributed by atoms with E-state index in [-0.39, 0.29) is 6.10 Å². The maximum atomic E-state index is 5.60. The Kier molecular flexibility index (Phi) is 4.54. The molecule has 2 unspecified atom stereocenters. The minimum atomic E-state index is 0.245. The van der Waals surface area contributed by atoms with Crippen LogP contribution in [0.2, 0.25) is 0 Å². The number of hydrogen-bond acceptors (Lipinski definition) is 3. The first-order valence-electron chi connectivity index (χ1n) is 6.31. The molecule has 1 aliphatic rings. The summed E-state index contributed by atoms with van der Waals surface area (Å²) in [6.07, 6.45) is 0.245. The van der Waals surface area contributed by atoms with Crippen molar-refractivity contribution in [2.45, 2.75) is 32.6 Å².